The molecular formula is C3H3F7. The van der Waals surface area contributed by atoms with Crippen molar-refractivity contribution in [2.24, 2.45) is 0 Å². The molecule has 0 rings (SSSR count). The zero-order valence-electron chi connectivity index (χ0n) is 4.65. The average molecular weight is 172 g/mol. The van der Waals surface area contributed by atoms with E-state index in [1.807, 2.05) is 0 Å². The van der Waals surface area contributed by atoms with E-state index in [0.717, 1.165) is 0 Å². The number of alkyl halides is 7. The van der Waals surface area contributed by atoms with Crippen LogP contribution in [0.1, 0.15) is 0 Å². The highest BCUT2D eigenvalue weighted by Gasteiger charge is 2.58. The summed E-state index contributed by atoms with van der Waals surface area (Å²) >= 11 is 0. The molecule has 0 aliphatic heterocycles. The van der Waals surface area contributed by atoms with Gasteiger partial charge in [-0.2, -0.15) is 26.3 Å². The van der Waals surface area contributed by atoms with Gasteiger partial charge in [0.25, 0.3) is 0 Å². The molecule has 0 heterocycles. The smallest absolute Gasteiger partial charge is 0.255 e. The van der Waals surface area contributed by atoms with Crippen LogP contribution in [0.25, 0.3) is 0 Å². The van der Waals surface area contributed by atoms with Gasteiger partial charge >= 0.3 is 12.4 Å². The predicted molar refractivity (Wildman–Crippen MR) is 19.1 cm³/mol. The predicted octanol–water partition coefficient (Wildman–Crippen LogP) is 2.70. The van der Waals surface area contributed by atoms with Crippen LogP contribution >= 0.6 is 0 Å². The topological polar surface area (TPSA) is 0 Å². The van der Waals surface area contributed by atoms with Crippen molar-refractivity contribution in [3.8, 4) is 0 Å². The summed E-state index contributed by atoms with van der Waals surface area (Å²) in [5.41, 5.74) is 0. The van der Waals surface area contributed by atoms with Crippen LogP contribution in [0.15, 0.2) is 0 Å². The Kier molecular flexibility index (Phi) is 4.42. The molecule has 0 bridgehead atoms. The van der Waals surface area contributed by atoms with Crippen molar-refractivity contribution < 1.29 is 30.7 Å². The summed E-state index contributed by atoms with van der Waals surface area (Å²) in [4.78, 5) is 0. The van der Waals surface area contributed by atoms with Crippen LogP contribution in [0.4, 0.5) is 30.7 Å². The average Bonchev–Trinajstić information content (AvgIpc) is 1.66. The highest BCUT2D eigenvalue weighted by Crippen LogP contribution is 2.35. The second-order valence-electron chi connectivity index (χ2n) is 0.996. The highest BCUT2D eigenvalue weighted by molar-refractivity contribution is 4.59. The lowest BCUT2D eigenvalue weighted by Gasteiger charge is -2.08. The Labute approximate surface area is 51.6 Å². The van der Waals surface area contributed by atoms with Gasteiger partial charge in [-0.3, -0.25) is 4.39 Å². The maximum Gasteiger partial charge on any atom is 0.487 e. The minimum atomic E-state index is -6.06. The third-order valence-corrected chi connectivity index (χ3v) is 0.321. The van der Waals surface area contributed by atoms with E-state index in [4.69, 9.17) is 0 Å². The van der Waals surface area contributed by atoms with Gasteiger partial charge in [-0.15, -0.1) is 0 Å². The summed E-state index contributed by atoms with van der Waals surface area (Å²) in [7, 11) is 0.500. The molecule has 0 amide bonds. The van der Waals surface area contributed by atoms with Crippen molar-refractivity contribution >= 4 is 0 Å². The summed E-state index contributed by atoms with van der Waals surface area (Å²) in [5.74, 6) is 0. The van der Waals surface area contributed by atoms with Crippen LogP contribution in [0, 0.1) is 0 Å². The molecule has 10 heavy (non-hydrogen) atoms. The largest absolute Gasteiger partial charge is 0.487 e. The van der Waals surface area contributed by atoms with Gasteiger partial charge < -0.3 is 0 Å². The van der Waals surface area contributed by atoms with E-state index in [9.17, 15) is 30.7 Å². The van der Waals surface area contributed by atoms with Crippen molar-refractivity contribution in [1.29, 1.82) is 0 Å². The summed E-state index contributed by atoms with van der Waals surface area (Å²) in [6, 6.07) is 0. The molecule has 0 spiro atoms. The number of rotatable bonds is 0. The highest BCUT2D eigenvalue weighted by atomic mass is 19.5. The molecule has 0 aromatic rings. The molecular weight excluding hydrogens is 169 g/mol. The third-order valence-electron chi connectivity index (χ3n) is 0.321. The number of hydrogen-bond donors (Lipinski definition) is 0. The lowest BCUT2D eigenvalue weighted by atomic mass is 10.7. The lowest BCUT2D eigenvalue weighted by Crippen LogP contribution is -2.30. The normalized spacial score (nSPS) is 12.0. The zero-order valence-corrected chi connectivity index (χ0v) is 4.65. The molecule has 0 aromatic heterocycles. The fourth-order valence-electron chi connectivity index (χ4n) is 0. The van der Waals surface area contributed by atoms with Crippen molar-refractivity contribution in [2.45, 2.75) is 12.4 Å². The van der Waals surface area contributed by atoms with Crippen LogP contribution in [0.3, 0.4) is 0 Å². The number of hydrogen-bond acceptors (Lipinski definition) is 0. The molecule has 0 aliphatic carbocycles. The van der Waals surface area contributed by atoms with Gasteiger partial charge in [-0.25, -0.2) is 0 Å². The van der Waals surface area contributed by atoms with E-state index in [1.54, 1.807) is 0 Å². The van der Waals surface area contributed by atoms with Gasteiger partial charge in [0.2, 0.25) is 0 Å². The molecule has 0 unspecified atom stereocenters. The molecule has 0 saturated carbocycles. The Morgan fingerprint density at radius 2 is 0.700 bits per heavy atom. The van der Waals surface area contributed by atoms with Gasteiger partial charge in [0, 0.05) is 0 Å². The van der Waals surface area contributed by atoms with Crippen molar-refractivity contribution in [3.63, 3.8) is 0 Å². The Morgan fingerprint density at radius 3 is 0.700 bits per heavy atom. The first-order chi connectivity index (χ1) is 4.25. The third kappa shape index (κ3) is 4.39. The van der Waals surface area contributed by atoms with Crippen molar-refractivity contribution in [1.82, 2.24) is 0 Å². The van der Waals surface area contributed by atoms with Gasteiger partial charge in [-0.05, 0) is 0 Å². The Balaban J connectivity index is 0. The van der Waals surface area contributed by atoms with Crippen molar-refractivity contribution in [3.05, 3.63) is 0 Å². The maximum atomic E-state index is 10.4. The van der Waals surface area contributed by atoms with E-state index in [-0.39, 0.29) is 0 Å². The molecule has 64 valence electrons. The van der Waals surface area contributed by atoms with Gasteiger partial charge in [0.1, 0.15) is 0 Å². The first kappa shape index (κ1) is 12.2. The monoisotopic (exact) mass is 172 g/mol. The van der Waals surface area contributed by atoms with Crippen LogP contribution in [-0.4, -0.2) is 19.5 Å². The van der Waals surface area contributed by atoms with Crippen LogP contribution in [0.5, 0.6) is 0 Å². The standard InChI is InChI=1S/C2F6.CH3F/c3-1(4,5)2(6,7)8;1-2/h;1H3. The molecule has 0 radical (unpaired) electrons. The fraction of sp³-hybridized carbons (Fsp3) is 1.00. The number of halogens is 7. The first-order valence-electron chi connectivity index (χ1n) is 1.76. The summed E-state index contributed by atoms with van der Waals surface area (Å²) in [6.07, 6.45) is -12.1. The lowest BCUT2D eigenvalue weighted by molar-refractivity contribution is -0.339. The quantitative estimate of drug-likeness (QED) is 0.492. The zero-order chi connectivity index (χ0) is 9.00. The van der Waals surface area contributed by atoms with Gasteiger partial charge in [-0.1, -0.05) is 0 Å². The first-order valence-corrected chi connectivity index (χ1v) is 1.76. The summed E-state index contributed by atoms with van der Waals surface area (Å²) < 4.78 is 72.1. The molecule has 7 heteroatoms. The van der Waals surface area contributed by atoms with Crippen LogP contribution < -0.4 is 0 Å². The molecule has 0 nitrogen and oxygen atoms in total. The summed E-state index contributed by atoms with van der Waals surface area (Å²) in [6.45, 7) is 0. The van der Waals surface area contributed by atoms with Gasteiger partial charge in [0.05, 0.1) is 7.18 Å². The second kappa shape index (κ2) is 3.62. The molecule has 0 fully saturated rings. The van der Waals surface area contributed by atoms with E-state index in [0.29, 0.717) is 7.18 Å². The van der Waals surface area contributed by atoms with Gasteiger partial charge in [0.15, 0.2) is 0 Å². The molecule has 0 N–H and O–H groups in total. The fourth-order valence-corrected chi connectivity index (χ4v) is 0. The Bertz CT molecular complexity index is 63.8. The maximum absolute atomic E-state index is 10.4. The Hall–Kier alpha value is -0.490. The van der Waals surface area contributed by atoms with E-state index < -0.39 is 12.4 Å². The molecule has 0 atom stereocenters. The van der Waals surface area contributed by atoms with E-state index in [2.05, 4.69) is 0 Å². The molecule has 0 aliphatic rings. The molecule has 0 aromatic carbocycles. The summed E-state index contributed by atoms with van der Waals surface area (Å²) in [5, 5.41) is 0. The second-order valence-corrected chi connectivity index (χ2v) is 0.996. The van der Waals surface area contributed by atoms with Crippen LogP contribution in [-0.2, 0) is 0 Å². The van der Waals surface area contributed by atoms with Crippen LogP contribution in [0.2, 0.25) is 0 Å². The van der Waals surface area contributed by atoms with E-state index >= 15 is 0 Å². The molecule has 0 saturated heterocycles. The minimum absolute atomic E-state index is 0.500. The minimum Gasteiger partial charge on any atom is -0.255 e. The SMILES string of the molecule is CF.FC(F)(F)C(F)(F)F. The van der Waals surface area contributed by atoms with E-state index in [1.165, 1.54) is 0 Å². The Morgan fingerprint density at radius 1 is 0.600 bits per heavy atom. The van der Waals surface area contributed by atoms with Crippen molar-refractivity contribution in [2.75, 3.05) is 7.18 Å².